The molecule has 0 radical (unpaired) electrons. The maximum absolute atomic E-state index is 12.3. The average molecular weight is 398 g/mol. The Morgan fingerprint density at radius 1 is 1.23 bits per heavy atom. The first-order chi connectivity index (χ1) is 11.9. The smallest absolute Gasteiger partial charge is 0.405 e. The van der Waals surface area contributed by atoms with Gasteiger partial charge in [-0.05, 0) is 18.2 Å². The van der Waals surface area contributed by atoms with E-state index in [1.54, 1.807) is 0 Å². The lowest BCUT2D eigenvalue weighted by Gasteiger charge is -2.15. The number of alkyl halides is 3. The van der Waals surface area contributed by atoms with Gasteiger partial charge in [-0.25, -0.2) is 17.5 Å². The molecule has 0 aromatic heterocycles. The lowest BCUT2D eigenvalue weighted by Crippen LogP contribution is -2.36. The van der Waals surface area contributed by atoms with E-state index in [-0.39, 0.29) is 16.2 Å². The summed E-state index contributed by atoms with van der Waals surface area (Å²) in [5.74, 6) is -2.24. The summed E-state index contributed by atoms with van der Waals surface area (Å²) in [6.07, 6.45) is -4.59. The van der Waals surface area contributed by atoms with E-state index in [9.17, 15) is 31.2 Å². The molecule has 0 bridgehead atoms. The second kappa shape index (κ2) is 8.36. The Bertz CT molecular complexity index is 777. The molecule has 146 valence electrons. The van der Waals surface area contributed by atoms with E-state index >= 15 is 0 Å². The summed E-state index contributed by atoms with van der Waals surface area (Å²) in [4.78, 5) is 22.9. The molecule has 1 rings (SSSR count). The van der Waals surface area contributed by atoms with Crippen molar-refractivity contribution in [2.24, 2.45) is 0 Å². The SMILES string of the molecule is COc1ccc(C(=O)OCC(=O)NCC(F)(F)F)cc1S(=O)(=O)N(C)C. The van der Waals surface area contributed by atoms with Gasteiger partial charge in [0.05, 0.1) is 12.7 Å². The summed E-state index contributed by atoms with van der Waals surface area (Å²) in [5.41, 5.74) is -0.213. The van der Waals surface area contributed by atoms with Gasteiger partial charge in [-0.15, -0.1) is 0 Å². The normalized spacial score (nSPS) is 12.0. The topological polar surface area (TPSA) is 102 Å². The van der Waals surface area contributed by atoms with Crippen LogP contribution in [-0.4, -0.2) is 65.1 Å². The van der Waals surface area contributed by atoms with Gasteiger partial charge in [-0.2, -0.15) is 13.2 Å². The van der Waals surface area contributed by atoms with E-state index < -0.39 is 41.2 Å². The first kappa shape index (κ1) is 21.7. The summed E-state index contributed by atoms with van der Waals surface area (Å²) in [6, 6.07) is 3.41. The van der Waals surface area contributed by atoms with Crippen LogP contribution in [0.2, 0.25) is 0 Å². The number of sulfonamides is 1. The van der Waals surface area contributed by atoms with Gasteiger partial charge in [0, 0.05) is 14.1 Å². The van der Waals surface area contributed by atoms with E-state index in [2.05, 4.69) is 4.74 Å². The van der Waals surface area contributed by atoms with Crippen LogP contribution in [0.1, 0.15) is 10.4 Å². The first-order valence-corrected chi connectivity index (χ1v) is 8.43. The molecule has 0 aliphatic heterocycles. The zero-order chi connectivity index (χ0) is 20.1. The molecule has 0 saturated heterocycles. The van der Waals surface area contributed by atoms with Crippen LogP contribution in [0.25, 0.3) is 0 Å². The molecule has 0 spiro atoms. The van der Waals surface area contributed by atoms with Crippen LogP contribution in [0.3, 0.4) is 0 Å². The number of carbonyl (C=O) groups is 2. The Hall–Kier alpha value is -2.34. The van der Waals surface area contributed by atoms with Crippen molar-refractivity contribution in [3.63, 3.8) is 0 Å². The Kier molecular flexibility index (Phi) is 6.98. The van der Waals surface area contributed by atoms with Crippen molar-refractivity contribution in [3.05, 3.63) is 23.8 Å². The molecule has 26 heavy (non-hydrogen) atoms. The van der Waals surface area contributed by atoms with E-state index in [0.29, 0.717) is 0 Å². The van der Waals surface area contributed by atoms with E-state index in [1.807, 2.05) is 0 Å². The number of hydrogen-bond acceptors (Lipinski definition) is 6. The minimum atomic E-state index is -4.59. The van der Waals surface area contributed by atoms with Crippen molar-refractivity contribution in [2.45, 2.75) is 11.1 Å². The van der Waals surface area contributed by atoms with Crippen molar-refractivity contribution >= 4 is 21.9 Å². The molecule has 1 aromatic carbocycles. The van der Waals surface area contributed by atoms with Crippen LogP contribution in [0.15, 0.2) is 23.1 Å². The number of carbonyl (C=O) groups excluding carboxylic acids is 2. The molecule has 0 saturated carbocycles. The van der Waals surface area contributed by atoms with Gasteiger partial charge in [0.15, 0.2) is 6.61 Å². The minimum absolute atomic E-state index is 0.0156. The standard InChI is InChI=1S/C14H17F3N2O6S/c1-19(2)26(22,23)11-6-9(4-5-10(11)24-3)13(21)25-7-12(20)18-8-14(15,16)17/h4-6H,7-8H2,1-3H3,(H,18,20). The Morgan fingerprint density at radius 2 is 1.85 bits per heavy atom. The minimum Gasteiger partial charge on any atom is -0.495 e. The Morgan fingerprint density at radius 3 is 2.35 bits per heavy atom. The molecule has 0 aliphatic carbocycles. The van der Waals surface area contributed by atoms with Gasteiger partial charge in [0.2, 0.25) is 10.0 Å². The highest BCUT2D eigenvalue weighted by Crippen LogP contribution is 2.27. The second-order valence-electron chi connectivity index (χ2n) is 5.12. The molecule has 0 atom stereocenters. The van der Waals surface area contributed by atoms with Crippen molar-refractivity contribution < 1.29 is 40.7 Å². The number of amides is 1. The number of methoxy groups -OCH3 is 1. The van der Waals surface area contributed by atoms with E-state index in [0.717, 1.165) is 10.4 Å². The lowest BCUT2D eigenvalue weighted by atomic mass is 10.2. The lowest BCUT2D eigenvalue weighted by molar-refractivity contribution is -0.140. The number of nitrogens with zero attached hydrogens (tertiary/aromatic N) is 1. The molecular formula is C14H17F3N2O6S. The third-order valence-electron chi connectivity index (χ3n) is 2.98. The highest BCUT2D eigenvalue weighted by atomic mass is 32.2. The quantitative estimate of drug-likeness (QED) is 0.681. The fraction of sp³-hybridized carbons (Fsp3) is 0.429. The molecule has 0 unspecified atom stereocenters. The van der Waals surface area contributed by atoms with Crippen molar-refractivity contribution in [1.29, 1.82) is 0 Å². The fourth-order valence-corrected chi connectivity index (χ4v) is 2.74. The fourth-order valence-electron chi connectivity index (χ4n) is 1.67. The predicted octanol–water partition coefficient (Wildman–Crippen LogP) is 0.781. The maximum Gasteiger partial charge on any atom is 0.405 e. The molecule has 0 heterocycles. The number of hydrogen-bond donors (Lipinski definition) is 1. The van der Waals surface area contributed by atoms with Crippen LogP contribution in [-0.2, 0) is 19.6 Å². The molecule has 1 N–H and O–H groups in total. The predicted molar refractivity (Wildman–Crippen MR) is 83.2 cm³/mol. The molecule has 12 heteroatoms. The summed E-state index contributed by atoms with van der Waals surface area (Å²) >= 11 is 0. The molecule has 8 nitrogen and oxygen atoms in total. The van der Waals surface area contributed by atoms with Crippen molar-refractivity contribution in [1.82, 2.24) is 9.62 Å². The molecule has 1 amide bonds. The third-order valence-corrected chi connectivity index (χ3v) is 4.81. The maximum atomic E-state index is 12.3. The van der Waals surface area contributed by atoms with Crippen LogP contribution >= 0.6 is 0 Å². The molecule has 0 fully saturated rings. The number of nitrogens with one attached hydrogen (secondary N) is 1. The van der Waals surface area contributed by atoms with Gasteiger partial charge in [0.25, 0.3) is 5.91 Å². The van der Waals surface area contributed by atoms with Crippen LogP contribution < -0.4 is 10.1 Å². The molecule has 1 aromatic rings. The van der Waals surface area contributed by atoms with Crippen LogP contribution in [0.4, 0.5) is 13.2 Å². The van der Waals surface area contributed by atoms with E-state index in [4.69, 9.17) is 4.74 Å². The number of rotatable bonds is 7. The van der Waals surface area contributed by atoms with Gasteiger partial charge < -0.3 is 14.8 Å². The summed E-state index contributed by atoms with van der Waals surface area (Å²) in [7, 11) is -0.128. The van der Waals surface area contributed by atoms with Gasteiger partial charge in [-0.1, -0.05) is 0 Å². The zero-order valence-electron chi connectivity index (χ0n) is 14.1. The molecule has 0 aliphatic rings. The highest BCUT2D eigenvalue weighted by molar-refractivity contribution is 7.89. The van der Waals surface area contributed by atoms with Gasteiger partial charge in [0.1, 0.15) is 17.2 Å². The van der Waals surface area contributed by atoms with Gasteiger partial charge in [-0.3, -0.25) is 4.79 Å². The van der Waals surface area contributed by atoms with Crippen molar-refractivity contribution in [2.75, 3.05) is 34.4 Å². The summed E-state index contributed by atoms with van der Waals surface area (Å²) in [5, 5.41) is 1.53. The average Bonchev–Trinajstić information content (AvgIpc) is 2.56. The monoisotopic (exact) mass is 398 g/mol. The van der Waals surface area contributed by atoms with Crippen molar-refractivity contribution in [3.8, 4) is 5.75 Å². The largest absolute Gasteiger partial charge is 0.495 e. The Labute approximate surface area is 147 Å². The first-order valence-electron chi connectivity index (χ1n) is 6.99. The number of esters is 1. The van der Waals surface area contributed by atoms with Crippen LogP contribution in [0.5, 0.6) is 5.75 Å². The van der Waals surface area contributed by atoms with E-state index in [1.165, 1.54) is 38.7 Å². The summed E-state index contributed by atoms with van der Waals surface area (Å²) in [6.45, 7) is -2.51. The molecular weight excluding hydrogens is 381 g/mol. The second-order valence-corrected chi connectivity index (χ2v) is 7.24. The highest BCUT2D eigenvalue weighted by Gasteiger charge is 2.28. The third kappa shape index (κ3) is 5.88. The Balaban J connectivity index is 2.89. The number of ether oxygens (including phenoxy) is 2. The number of benzene rings is 1. The zero-order valence-corrected chi connectivity index (χ0v) is 14.9. The van der Waals surface area contributed by atoms with Gasteiger partial charge >= 0.3 is 12.1 Å². The number of halogens is 3. The van der Waals surface area contributed by atoms with Crippen LogP contribution in [0, 0.1) is 0 Å². The summed E-state index contributed by atoms with van der Waals surface area (Å²) < 4.78 is 70.9.